The Bertz CT molecular complexity index is 604. The van der Waals surface area contributed by atoms with Gasteiger partial charge in [0.25, 0.3) is 0 Å². The Morgan fingerprint density at radius 1 is 0.581 bits per heavy atom. The molecule has 0 aromatic rings. The number of hydrogen-bond donors (Lipinski definition) is 0. The van der Waals surface area contributed by atoms with Crippen LogP contribution >= 0.6 is 0 Å². The summed E-state index contributed by atoms with van der Waals surface area (Å²) in [5.74, 6) is -2.11. The van der Waals surface area contributed by atoms with Crippen LogP contribution in [-0.2, 0) is 42.9 Å². The van der Waals surface area contributed by atoms with Crippen molar-refractivity contribution < 1.29 is 42.9 Å². The first-order chi connectivity index (χ1) is 14.8. The molecule has 0 saturated carbocycles. The van der Waals surface area contributed by atoms with E-state index in [1.807, 2.05) is 27.7 Å². The second-order valence-corrected chi connectivity index (χ2v) is 7.56. The monoisotopic (exact) mass is 444 g/mol. The van der Waals surface area contributed by atoms with E-state index in [0.29, 0.717) is 25.7 Å². The first kappa shape index (κ1) is 26.9. The molecule has 1 fully saturated rings. The molecule has 0 amide bonds. The summed E-state index contributed by atoms with van der Waals surface area (Å²) >= 11 is 0. The zero-order valence-corrected chi connectivity index (χ0v) is 19.2. The molecule has 0 radical (unpaired) electrons. The first-order valence-electron chi connectivity index (χ1n) is 11.2. The minimum atomic E-state index is -1.28. The summed E-state index contributed by atoms with van der Waals surface area (Å²) in [5.41, 5.74) is 0. The maximum absolute atomic E-state index is 12.3. The molecule has 1 aliphatic rings. The van der Waals surface area contributed by atoms with Gasteiger partial charge in [-0.1, -0.05) is 27.7 Å². The predicted molar refractivity (Wildman–Crippen MR) is 110 cm³/mol. The van der Waals surface area contributed by atoms with Gasteiger partial charge in [0, 0.05) is 25.7 Å². The van der Waals surface area contributed by atoms with E-state index in [-0.39, 0.29) is 25.7 Å². The van der Waals surface area contributed by atoms with Crippen LogP contribution in [0.15, 0.2) is 0 Å². The van der Waals surface area contributed by atoms with Crippen LogP contribution in [0.5, 0.6) is 0 Å². The SMILES string of the molecule is CCCC(=O)O[C@H]1O[C@@H](C)[C@H](OC(=O)CCC)[C@@H](OC(=O)CCC)[C@H]1OC(=O)CCC. The summed E-state index contributed by atoms with van der Waals surface area (Å²) in [6.07, 6.45) is -2.66. The zero-order chi connectivity index (χ0) is 23.4. The fourth-order valence-electron chi connectivity index (χ4n) is 3.13. The van der Waals surface area contributed by atoms with Gasteiger partial charge in [0.2, 0.25) is 12.4 Å². The van der Waals surface area contributed by atoms with Crippen molar-refractivity contribution in [3.63, 3.8) is 0 Å². The number of esters is 4. The molecule has 0 aromatic carbocycles. The smallest absolute Gasteiger partial charge is 0.308 e. The summed E-state index contributed by atoms with van der Waals surface area (Å²) in [7, 11) is 0. The molecular weight excluding hydrogens is 408 g/mol. The van der Waals surface area contributed by atoms with Crippen molar-refractivity contribution in [2.24, 2.45) is 0 Å². The Balaban J connectivity index is 3.24. The topological polar surface area (TPSA) is 114 Å². The van der Waals surface area contributed by atoms with Gasteiger partial charge in [-0.25, -0.2) is 0 Å². The van der Waals surface area contributed by atoms with Crippen molar-refractivity contribution in [3.05, 3.63) is 0 Å². The lowest BCUT2D eigenvalue weighted by Gasteiger charge is -2.43. The van der Waals surface area contributed by atoms with Crippen LogP contribution in [-0.4, -0.2) is 54.6 Å². The molecule has 0 aromatic heterocycles. The summed E-state index contributed by atoms with van der Waals surface area (Å²) in [5, 5.41) is 0. The average Bonchev–Trinajstić information content (AvgIpc) is 2.68. The lowest BCUT2D eigenvalue weighted by molar-refractivity contribution is -0.294. The molecule has 5 atom stereocenters. The molecule has 0 bridgehead atoms. The molecule has 9 nitrogen and oxygen atoms in total. The zero-order valence-electron chi connectivity index (χ0n) is 19.2. The van der Waals surface area contributed by atoms with E-state index >= 15 is 0 Å². The van der Waals surface area contributed by atoms with Crippen molar-refractivity contribution >= 4 is 23.9 Å². The van der Waals surface area contributed by atoms with Gasteiger partial charge in [-0.2, -0.15) is 0 Å². The molecule has 9 heteroatoms. The maximum Gasteiger partial charge on any atom is 0.308 e. The van der Waals surface area contributed by atoms with E-state index in [9.17, 15) is 19.2 Å². The molecule has 0 unspecified atom stereocenters. The van der Waals surface area contributed by atoms with Gasteiger partial charge in [-0.05, 0) is 32.6 Å². The average molecular weight is 445 g/mol. The first-order valence-corrected chi connectivity index (χ1v) is 11.2. The molecule has 1 saturated heterocycles. The van der Waals surface area contributed by atoms with Crippen molar-refractivity contribution in [2.75, 3.05) is 0 Å². The predicted octanol–water partition coefficient (Wildman–Crippen LogP) is 3.21. The van der Waals surface area contributed by atoms with Crippen LogP contribution in [0.4, 0.5) is 0 Å². The fourth-order valence-corrected chi connectivity index (χ4v) is 3.13. The standard InChI is InChI=1S/C22H36O9/c1-6-10-15(23)28-19-14(5)27-22(31-18(26)13-9-4)21(30-17(25)12-8-3)20(19)29-16(24)11-7-2/h14,19-22H,6-13H2,1-5H3/t14-,19-,20+,21+,22+/m0/s1. The van der Waals surface area contributed by atoms with E-state index in [4.69, 9.17) is 23.7 Å². The maximum atomic E-state index is 12.3. The van der Waals surface area contributed by atoms with Crippen LogP contribution in [0.3, 0.4) is 0 Å². The van der Waals surface area contributed by atoms with E-state index < -0.39 is 54.6 Å². The lowest BCUT2D eigenvalue weighted by atomic mass is 9.98. The minimum absolute atomic E-state index is 0.123. The van der Waals surface area contributed by atoms with Crippen LogP contribution in [0.1, 0.15) is 86.0 Å². The third-order valence-electron chi connectivity index (χ3n) is 4.59. The normalized spacial score (nSPS) is 25.4. The molecule has 1 rings (SSSR count). The molecular formula is C22H36O9. The van der Waals surface area contributed by atoms with Gasteiger partial charge in [-0.3, -0.25) is 19.2 Å². The van der Waals surface area contributed by atoms with Crippen LogP contribution in [0.2, 0.25) is 0 Å². The van der Waals surface area contributed by atoms with Gasteiger partial charge in [-0.15, -0.1) is 0 Å². The van der Waals surface area contributed by atoms with Gasteiger partial charge in [0.05, 0.1) is 6.10 Å². The van der Waals surface area contributed by atoms with Gasteiger partial charge in [0.1, 0.15) is 0 Å². The third-order valence-corrected chi connectivity index (χ3v) is 4.59. The highest BCUT2D eigenvalue weighted by Crippen LogP contribution is 2.30. The quantitative estimate of drug-likeness (QED) is 0.330. The Morgan fingerprint density at radius 3 is 1.35 bits per heavy atom. The van der Waals surface area contributed by atoms with Crippen molar-refractivity contribution in [3.8, 4) is 0 Å². The summed E-state index contributed by atoms with van der Waals surface area (Å²) < 4.78 is 27.8. The molecule has 0 spiro atoms. The Hall–Kier alpha value is -2.16. The van der Waals surface area contributed by atoms with Crippen molar-refractivity contribution in [2.45, 2.75) is 117 Å². The Labute approximate surface area is 184 Å². The molecule has 0 N–H and O–H groups in total. The third kappa shape index (κ3) is 8.85. The lowest BCUT2D eigenvalue weighted by Crippen LogP contribution is -2.61. The molecule has 178 valence electrons. The Kier molecular flexibility index (Phi) is 12.1. The van der Waals surface area contributed by atoms with E-state index in [1.54, 1.807) is 6.92 Å². The highest BCUT2D eigenvalue weighted by molar-refractivity contribution is 5.72. The number of ether oxygens (including phenoxy) is 5. The van der Waals surface area contributed by atoms with Gasteiger partial charge < -0.3 is 23.7 Å². The van der Waals surface area contributed by atoms with E-state index in [1.165, 1.54) is 0 Å². The summed E-state index contributed by atoms with van der Waals surface area (Å²) in [6, 6.07) is 0. The highest BCUT2D eigenvalue weighted by atomic mass is 16.7. The van der Waals surface area contributed by atoms with Crippen LogP contribution in [0, 0.1) is 0 Å². The highest BCUT2D eigenvalue weighted by Gasteiger charge is 2.52. The number of rotatable bonds is 12. The summed E-state index contributed by atoms with van der Waals surface area (Å²) in [6.45, 7) is 8.91. The fraction of sp³-hybridized carbons (Fsp3) is 0.818. The van der Waals surface area contributed by atoms with E-state index in [2.05, 4.69) is 0 Å². The number of hydrogen-bond acceptors (Lipinski definition) is 9. The molecule has 0 aliphatic carbocycles. The van der Waals surface area contributed by atoms with Crippen LogP contribution < -0.4 is 0 Å². The largest absolute Gasteiger partial charge is 0.455 e. The second-order valence-electron chi connectivity index (χ2n) is 7.56. The van der Waals surface area contributed by atoms with Crippen LogP contribution in [0.25, 0.3) is 0 Å². The van der Waals surface area contributed by atoms with Gasteiger partial charge >= 0.3 is 23.9 Å². The summed E-state index contributed by atoms with van der Waals surface area (Å²) in [4.78, 5) is 48.9. The molecule has 1 heterocycles. The molecule has 31 heavy (non-hydrogen) atoms. The second kappa shape index (κ2) is 14.0. The van der Waals surface area contributed by atoms with E-state index in [0.717, 1.165) is 0 Å². The minimum Gasteiger partial charge on any atom is -0.455 e. The van der Waals surface area contributed by atoms with Gasteiger partial charge in [0.15, 0.2) is 12.2 Å². The molecule has 1 aliphatic heterocycles. The van der Waals surface area contributed by atoms with Crippen molar-refractivity contribution in [1.29, 1.82) is 0 Å². The van der Waals surface area contributed by atoms with Crippen molar-refractivity contribution in [1.82, 2.24) is 0 Å². The number of carbonyl (C=O) groups is 4. The number of carbonyl (C=O) groups excluding carboxylic acids is 4. The Morgan fingerprint density at radius 2 is 0.935 bits per heavy atom.